The predicted octanol–water partition coefficient (Wildman–Crippen LogP) is 4.56. The van der Waals surface area contributed by atoms with Crippen LogP contribution in [-0.4, -0.2) is 19.6 Å². The highest BCUT2D eigenvalue weighted by Crippen LogP contribution is 2.36. The summed E-state index contributed by atoms with van der Waals surface area (Å²) in [5, 5.41) is 7.33. The number of alkyl halides is 3. The van der Waals surface area contributed by atoms with Gasteiger partial charge in [-0.05, 0) is 18.2 Å². The summed E-state index contributed by atoms with van der Waals surface area (Å²) in [6.07, 6.45) is -0.380. The molecule has 4 rings (SSSR count). The molecule has 4 aromatic rings. The molecule has 0 bridgehead atoms. The van der Waals surface area contributed by atoms with Crippen molar-refractivity contribution in [3.63, 3.8) is 0 Å². The third kappa shape index (κ3) is 3.51. The highest BCUT2D eigenvalue weighted by Gasteiger charge is 2.33. The van der Waals surface area contributed by atoms with Crippen LogP contribution in [-0.2, 0) is 12.7 Å². The second-order valence-corrected chi connectivity index (χ2v) is 6.03. The zero-order chi connectivity index (χ0) is 19.7. The lowest BCUT2D eigenvalue weighted by molar-refractivity contribution is -0.137. The topological polar surface area (TPSA) is 55.1 Å². The smallest absolute Gasteiger partial charge is 0.378 e. The first kappa shape index (κ1) is 17.9. The predicted molar refractivity (Wildman–Crippen MR) is 94.9 cm³/mol. The van der Waals surface area contributed by atoms with E-state index in [4.69, 9.17) is 0 Å². The van der Waals surface area contributed by atoms with Crippen LogP contribution in [0.1, 0.15) is 11.3 Å². The van der Waals surface area contributed by atoms with Gasteiger partial charge in [0.05, 0.1) is 47.8 Å². The number of rotatable bonds is 4. The van der Waals surface area contributed by atoms with Crippen molar-refractivity contribution in [2.45, 2.75) is 12.7 Å². The largest absolute Gasteiger partial charge is 0.417 e. The van der Waals surface area contributed by atoms with E-state index in [2.05, 4.69) is 20.4 Å². The average molecular weight is 387 g/mol. The minimum atomic E-state index is -4.49. The average Bonchev–Trinajstić information content (AvgIpc) is 3.08. The number of hydrogen-bond acceptors (Lipinski definition) is 4. The lowest BCUT2D eigenvalue weighted by atomic mass is 10.0. The van der Waals surface area contributed by atoms with Crippen molar-refractivity contribution < 1.29 is 17.6 Å². The number of benzene rings is 1. The van der Waals surface area contributed by atoms with Gasteiger partial charge in [-0.2, -0.15) is 18.3 Å². The molecule has 3 heterocycles. The van der Waals surface area contributed by atoms with Crippen molar-refractivity contribution in [3.05, 3.63) is 78.1 Å². The molecule has 0 unspecified atom stereocenters. The molecule has 5 nitrogen and oxygen atoms in total. The van der Waals surface area contributed by atoms with Gasteiger partial charge in [0.1, 0.15) is 5.82 Å². The molecule has 3 aromatic heterocycles. The molecule has 142 valence electrons. The lowest BCUT2D eigenvalue weighted by Gasteiger charge is -2.12. The van der Waals surface area contributed by atoms with Crippen LogP contribution in [0.5, 0.6) is 0 Å². The standard InChI is InChI=1S/C19H13F4N5/c20-12-7-13(9-24-8-12)25-10-14-11-26-18-6-5-17(27-28(14)18)15-3-1-2-4-16(15)19(21,22)23/h1-9,11,25H,10H2. The maximum Gasteiger partial charge on any atom is 0.417 e. The molecule has 9 heteroatoms. The lowest BCUT2D eigenvalue weighted by Crippen LogP contribution is -2.09. The number of pyridine rings is 1. The van der Waals surface area contributed by atoms with E-state index in [1.54, 1.807) is 12.3 Å². The maximum absolute atomic E-state index is 13.3. The molecule has 0 fully saturated rings. The van der Waals surface area contributed by atoms with Gasteiger partial charge in [-0.25, -0.2) is 13.9 Å². The fourth-order valence-electron chi connectivity index (χ4n) is 2.84. The van der Waals surface area contributed by atoms with Gasteiger partial charge in [0.25, 0.3) is 0 Å². The number of hydrogen-bond donors (Lipinski definition) is 1. The Bertz CT molecular complexity index is 1140. The van der Waals surface area contributed by atoms with Gasteiger partial charge in [-0.1, -0.05) is 18.2 Å². The summed E-state index contributed by atoms with van der Waals surface area (Å²) in [6.45, 7) is 0.240. The molecule has 0 saturated heterocycles. The minimum absolute atomic E-state index is 0.0150. The SMILES string of the molecule is Fc1cncc(NCc2cnc3ccc(-c4ccccc4C(F)(F)F)nn23)c1. The van der Waals surface area contributed by atoms with Crippen LogP contribution in [0.3, 0.4) is 0 Å². The summed E-state index contributed by atoms with van der Waals surface area (Å²) < 4.78 is 54.6. The number of nitrogens with zero attached hydrogens (tertiary/aromatic N) is 4. The van der Waals surface area contributed by atoms with Gasteiger partial charge in [-0.3, -0.25) is 4.98 Å². The molecule has 0 saturated carbocycles. The normalized spacial score (nSPS) is 11.7. The van der Waals surface area contributed by atoms with Crippen LogP contribution >= 0.6 is 0 Å². The van der Waals surface area contributed by atoms with Crippen molar-refractivity contribution in [1.29, 1.82) is 0 Å². The Kier molecular flexibility index (Phi) is 4.42. The molecule has 0 aliphatic heterocycles. The number of fused-ring (bicyclic) bond motifs is 1. The first-order valence-corrected chi connectivity index (χ1v) is 8.26. The van der Waals surface area contributed by atoms with Crippen LogP contribution in [0.15, 0.2) is 61.1 Å². The van der Waals surface area contributed by atoms with E-state index in [0.717, 1.165) is 12.3 Å². The van der Waals surface area contributed by atoms with E-state index in [-0.39, 0.29) is 17.8 Å². The summed E-state index contributed by atoms with van der Waals surface area (Å²) in [7, 11) is 0. The van der Waals surface area contributed by atoms with Gasteiger partial charge in [-0.15, -0.1) is 0 Å². The Labute approximate surface area is 156 Å². The van der Waals surface area contributed by atoms with Gasteiger partial charge < -0.3 is 5.32 Å². The number of imidazole rings is 1. The highest BCUT2D eigenvalue weighted by molar-refractivity contribution is 5.65. The van der Waals surface area contributed by atoms with Crippen LogP contribution in [0, 0.1) is 5.82 Å². The quantitative estimate of drug-likeness (QED) is 0.522. The molecule has 0 aliphatic rings. The Morgan fingerprint density at radius 3 is 2.61 bits per heavy atom. The van der Waals surface area contributed by atoms with Crippen LogP contribution in [0.25, 0.3) is 16.9 Å². The molecule has 28 heavy (non-hydrogen) atoms. The van der Waals surface area contributed by atoms with Crippen molar-refractivity contribution in [2.24, 2.45) is 0 Å². The zero-order valence-electron chi connectivity index (χ0n) is 14.3. The van der Waals surface area contributed by atoms with Crippen molar-refractivity contribution in [3.8, 4) is 11.3 Å². The van der Waals surface area contributed by atoms with E-state index < -0.39 is 17.6 Å². The van der Waals surface area contributed by atoms with E-state index in [1.165, 1.54) is 41.0 Å². The minimum Gasteiger partial charge on any atom is -0.378 e. The second kappa shape index (κ2) is 6.91. The Morgan fingerprint density at radius 2 is 1.82 bits per heavy atom. The molecular weight excluding hydrogens is 374 g/mol. The third-order valence-corrected chi connectivity index (χ3v) is 4.12. The van der Waals surface area contributed by atoms with E-state index >= 15 is 0 Å². The van der Waals surface area contributed by atoms with E-state index in [1.807, 2.05) is 0 Å². The monoisotopic (exact) mass is 387 g/mol. The molecule has 0 aliphatic carbocycles. The first-order chi connectivity index (χ1) is 13.4. The molecule has 1 N–H and O–H groups in total. The zero-order valence-corrected chi connectivity index (χ0v) is 14.3. The number of nitrogens with one attached hydrogen (secondary N) is 1. The van der Waals surface area contributed by atoms with Crippen molar-refractivity contribution >= 4 is 11.3 Å². The van der Waals surface area contributed by atoms with E-state index in [0.29, 0.717) is 17.0 Å². The molecule has 0 amide bonds. The highest BCUT2D eigenvalue weighted by atomic mass is 19.4. The molecule has 0 spiro atoms. The van der Waals surface area contributed by atoms with E-state index in [9.17, 15) is 17.6 Å². The Morgan fingerprint density at radius 1 is 1.00 bits per heavy atom. The van der Waals surface area contributed by atoms with Gasteiger partial charge in [0.15, 0.2) is 5.65 Å². The summed E-state index contributed by atoms with van der Waals surface area (Å²) in [5.41, 5.74) is 0.958. The Hall–Kier alpha value is -3.49. The molecule has 1 aromatic carbocycles. The van der Waals surface area contributed by atoms with Gasteiger partial charge >= 0.3 is 6.18 Å². The van der Waals surface area contributed by atoms with Gasteiger partial charge in [0.2, 0.25) is 0 Å². The molecular formula is C19H13F4N5. The fraction of sp³-hybridized carbons (Fsp3) is 0.105. The van der Waals surface area contributed by atoms with Crippen LogP contribution < -0.4 is 5.32 Å². The summed E-state index contributed by atoms with van der Waals surface area (Å²) in [6, 6.07) is 9.66. The molecule has 0 radical (unpaired) electrons. The number of halogens is 4. The first-order valence-electron chi connectivity index (χ1n) is 8.26. The summed E-state index contributed by atoms with van der Waals surface area (Å²) >= 11 is 0. The summed E-state index contributed by atoms with van der Waals surface area (Å²) in [4.78, 5) is 7.95. The maximum atomic E-state index is 13.3. The van der Waals surface area contributed by atoms with Gasteiger partial charge in [0, 0.05) is 11.6 Å². The molecule has 0 atom stereocenters. The van der Waals surface area contributed by atoms with Crippen molar-refractivity contribution in [1.82, 2.24) is 19.6 Å². The van der Waals surface area contributed by atoms with Crippen LogP contribution in [0.2, 0.25) is 0 Å². The van der Waals surface area contributed by atoms with Crippen LogP contribution in [0.4, 0.5) is 23.2 Å². The Balaban J connectivity index is 1.69. The summed E-state index contributed by atoms with van der Waals surface area (Å²) in [5.74, 6) is -0.479. The van der Waals surface area contributed by atoms with Crippen molar-refractivity contribution in [2.75, 3.05) is 5.32 Å². The number of anilines is 1. The third-order valence-electron chi connectivity index (χ3n) is 4.12. The number of aromatic nitrogens is 4. The second-order valence-electron chi connectivity index (χ2n) is 6.03. The fourth-order valence-corrected chi connectivity index (χ4v) is 2.84.